The number of fused-ring (bicyclic) bond motifs is 3. The second-order valence-electron chi connectivity index (χ2n) is 7.74. The molecule has 2 unspecified atom stereocenters. The van der Waals surface area contributed by atoms with E-state index < -0.39 is 0 Å². The lowest BCUT2D eigenvalue weighted by Crippen LogP contribution is -2.62. The van der Waals surface area contributed by atoms with Crippen LogP contribution in [0, 0.1) is 0 Å². The van der Waals surface area contributed by atoms with Crippen molar-refractivity contribution in [2.75, 3.05) is 63.8 Å². The van der Waals surface area contributed by atoms with Crippen LogP contribution in [0.2, 0.25) is 0 Å². The third-order valence-electron chi connectivity index (χ3n) is 5.92. The van der Waals surface area contributed by atoms with Gasteiger partial charge in [-0.3, -0.25) is 14.8 Å². The first-order valence-electron chi connectivity index (χ1n) is 10.2. The molecule has 0 aromatic heterocycles. The molecule has 5 rings (SSSR count). The maximum atomic E-state index is 4.93. The van der Waals surface area contributed by atoms with Crippen molar-refractivity contribution in [1.29, 1.82) is 0 Å². The molecule has 0 aliphatic carbocycles. The smallest absolute Gasteiger partial charge is 0.191 e. The zero-order chi connectivity index (χ0) is 18.6. The molecule has 4 fully saturated rings. The van der Waals surface area contributed by atoms with Crippen molar-refractivity contribution in [3.8, 4) is 0 Å². The molecule has 0 radical (unpaired) electrons. The van der Waals surface area contributed by atoms with Gasteiger partial charge in [-0.1, -0.05) is 12.1 Å². The largest absolute Gasteiger partial charge is 0.368 e. The van der Waals surface area contributed by atoms with E-state index in [0.717, 1.165) is 38.6 Å². The van der Waals surface area contributed by atoms with Crippen LogP contribution in [0.5, 0.6) is 0 Å². The number of anilines is 1. The van der Waals surface area contributed by atoms with Gasteiger partial charge in [0.05, 0.1) is 12.2 Å². The Morgan fingerprint density at radius 3 is 2.67 bits per heavy atom. The van der Waals surface area contributed by atoms with Crippen LogP contribution in [0.1, 0.15) is 13.3 Å². The Morgan fingerprint density at radius 1 is 1.15 bits per heavy atom. The van der Waals surface area contributed by atoms with E-state index in [1.165, 1.54) is 42.9 Å². The number of halogens is 1. The van der Waals surface area contributed by atoms with Crippen LogP contribution in [0.25, 0.3) is 0 Å². The van der Waals surface area contributed by atoms with Gasteiger partial charge in [-0.05, 0) is 41.4 Å². The summed E-state index contributed by atoms with van der Waals surface area (Å²) in [5, 5.41) is 7.11. The summed E-state index contributed by atoms with van der Waals surface area (Å²) in [5.74, 6) is 0.967. The van der Waals surface area contributed by atoms with Gasteiger partial charge >= 0.3 is 0 Å². The van der Waals surface area contributed by atoms with Crippen LogP contribution in [0.15, 0.2) is 33.7 Å². The highest BCUT2D eigenvalue weighted by Crippen LogP contribution is 2.28. The van der Waals surface area contributed by atoms with Crippen molar-refractivity contribution < 1.29 is 0 Å². The van der Waals surface area contributed by atoms with Crippen LogP contribution in [-0.2, 0) is 0 Å². The van der Waals surface area contributed by atoms with Gasteiger partial charge in [-0.25, -0.2) is 0 Å². The van der Waals surface area contributed by atoms with E-state index in [9.17, 15) is 0 Å². The molecule has 27 heavy (non-hydrogen) atoms. The molecule has 148 valence electrons. The number of hydrogen-bond donors (Lipinski definition) is 2. The SMILES string of the molecule is CCNC(=NCC1CN2CCN1CC2)NC1CCN(c2ccccc2Br)C1. The highest BCUT2D eigenvalue weighted by atomic mass is 79.9. The molecule has 2 bridgehead atoms. The Labute approximate surface area is 171 Å². The van der Waals surface area contributed by atoms with E-state index >= 15 is 0 Å². The number of nitrogens with one attached hydrogen (secondary N) is 2. The molecule has 4 aliphatic rings. The number of nitrogens with zero attached hydrogens (tertiary/aromatic N) is 4. The van der Waals surface area contributed by atoms with Crippen LogP contribution in [-0.4, -0.2) is 86.7 Å². The molecule has 7 heteroatoms. The van der Waals surface area contributed by atoms with E-state index in [-0.39, 0.29) is 0 Å². The topological polar surface area (TPSA) is 46.1 Å². The van der Waals surface area contributed by atoms with E-state index in [1.807, 2.05) is 0 Å². The molecular formula is C20H31BrN6. The molecule has 0 spiro atoms. The number of benzene rings is 1. The second-order valence-corrected chi connectivity index (χ2v) is 8.59. The second kappa shape index (κ2) is 8.80. The highest BCUT2D eigenvalue weighted by Gasteiger charge is 2.31. The summed E-state index contributed by atoms with van der Waals surface area (Å²) in [6.07, 6.45) is 1.13. The van der Waals surface area contributed by atoms with Gasteiger partial charge in [0.2, 0.25) is 0 Å². The van der Waals surface area contributed by atoms with Crippen molar-refractivity contribution in [3.63, 3.8) is 0 Å². The first kappa shape index (κ1) is 19.0. The maximum absolute atomic E-state index is 4.93. The molecule has 6 nitrogen and oxygen atoms in total. The Bertz CT molecular complexity index is 658. The highest BCUT2D eigenvalue weighted by molar-refractivity contribution is 9.10. The Morgan fingerprint density at radius 2 is 1.96 bits per heavy atom. The van der Waals surface area contributed by atoms with Crippen molar-refractivity contribution in [2.45, 2.75) is 25.4 Å². The van der Waals surface area contributed by atoms with Gasteiger partial charge in [-0.15, -0.1) is 0 Å². The first-order valence-corrected chi connectivity index (χ1v) is 11.0. The monoisotopic (exact) mass is 434 g/mol. The summed E-state index contributed by atoms with van der Waals surface area (Å²) < 4.78 is 1.17. The molecule has 0 amide bonds. The van der Waals surface area contributed by atoms with Crippen LogP contribution in [0.3, 0.4) is 0 Å². The van der Waals surface area contributed by atoms with Crippen molar-refractivity contribution in [1.82, 2.24) is 20.4 Å². The lowest BCUT2D eigenvalue weighted by molar-refractivity contribution is 0.0174. The number of para-hydroxylation sites is 1. The molecule has 4 aliphatic heterocycles. The molecule has 4 saturated heterocycles. The minimum absolute atomic E-state index is 0.432. The fourth-order valence-corrected chi connectivity index (χ4v) is 4.95. The molecule has 1 aromatic carbocycles. The van der Waals surface area contributed by atoms with E-state index in [0.29, 0.717) is 12.1 Å². The van der Waals surface area contributed by atoms with Gasteiger partial charge in [0.15, 0.2) is 5.96 Å². The molecule has 4 heterocycles. The Kier molecular flexibility index (Phi) is 6.20. The number of piperazine rings is 3. The minimum atomic E-state index is 0.432. The van der Waals surface area contributed by atoms with Crippen LogP contribution >= 0.6 is 15.9 Å². The zero-order valence-electron chi connectivity index (χ0n) is 16.2. The third-order valence-corrected chi connectivity index (χ3v) is 6.59. The predicted octanol–water partition coefficient (Wildman–Crippen LogP) is 1.58. The van der Waals surface area contributed by atoms with Gasteiger partial charge in [-0.2, -0.15) is 0 Å². The summed E-state index contributed by atoms with van der Waals surface area (Å²) >= 11 is 3.68. The lowest BCUT2D eigenvalue weighted by atomic mass is 10.1. The summed E-state index contributed by atoms with van der Waals surface area (Å²) in [6.45, 7) is 12.0. The molecule has 2 N–H and O–H groups in total. The van der Waals surface area contributed by atoms with Crippen molar-refractivity contribution in [2.24, 2.45) is 4.99 Å². The molecule has 1 aromatic rings. The fraction of sp³-hybridized carbons (Fsp3) is 0.650. The van der Waals surface area contributed by atoms with Gasteiger partial charge < -0.3 is 15.5 Å². The quantitative estimate of drug-likeness (QED) is 0.544. The Balaban J connectivity index is 1.34. The third kappa shape index (κ3) is 4.58. The van der Waals surface area contributed by atoms with Gasteiger partial charge in [0.1, 0.15) is 0 Å². The van der Waals surface area contributed by atoms with E-state index in [1.54, 1.807) is 0 Å². The molecule has 0 saturated carbocycles. The number of aliphatic imine (C=N–C) groups is 1. The average Bonchev–Trinajstić information content (AvgIpc) is 3.16. The van der Waals surface area contributed by atoms with Crippen molar-refractivity contribution >= 4 is 27.6 Å². The minimum Gasteiger partial charge on any atom is -0.368 e. The van der Waals surface area contributed by atoms with E-state index in [4.69, 9.17) is 4.99 Å². The zero-order valence-corrected chi connectivity index (χ0v) is 17.8. The molecule has 2 atom stereocenters. The summed E-state index contributed by atoms with van der Waals surface area (Å²) in [6, 6.07) is 9.48. The standard InChI is InChI=1S/C20H31BrN6/c1-2-22-20(23-13-17-15-25-9-11-26(17)12-10-25)24-16-7-8-27(14-16)19-6-4-3-5-18(19)21/h3-6,16-17H,2,7-15H2,1H3,(H2,22,23,24). The van der Waals surface area contributed by atoms with E-state index in [2.05, 4.69) is 72.5 Å². The summed E-state index contributed by atoms with van der Waals surface area (Å²) in [4.78, 5) is 12.6. The van der Waals surface area contributed by atoms with Crippen LogP contribution in [0.4, 0.5) is 5.69 Å². The summed E-state index contributed by atoms with van der Waals surface area (Å²) in [7, 11) is 0. The van der Waals surface area contributed by atoms with Crippen molar-refractivity contribution in [3.05, 3.63) is 28.7 Å². The Hall–Kier alpha value is -1.31. The molecular weight excluding hydrogens is 404 g/mol. The summed E-state index contributed by atoms with van der Waals surface area (Å²) in [5.41, 5.74) is 1.28. The number of rotatable bonds is 5. The van der Waals surface area contributed by atoms with Gasteiger partial charge in [0, 0.05) is 68.9 Å². The average molecular weight is 435 g/mol. The lowest BCUT2D eigenvalue weighted by Gasteiger charge is -2.47. The van der Waals surface area contributed by atoms with Gasteiger partial charge in [0.25, 0.3) is 0 Å². The maximum Gasteiger partial charge on any atom is 0.191 e. The number of guanidine groups is 1. The van der Waals surface area contributed by atoms with Crippen LogP contribution < -0.4 is 15.5 Å². The fourth-order valence-electron chi connectivity index (χ4n) is 4.41. The normalized spacial score (nSPS) is 30.6. The number of hydrogen-bond acceptors (Lipinski definition) is 4. The predicted molar refractivity (Wildman–Crippen MR) is 116 cm³/mol. The first-order chi connectivity index (χ1) is 13.2.